The van der Waals surface area contributed by atoms with Gasteiger partial charge in [-0.05, 0) is 49.1 Å². The van der Waals surface area contributed by atoms with Crippen molar-refractivity contribution in [2.45, 2.75) is 40.2 Å². The number of benzene rings is 2. The van der Waals surface area contributed by atoms with Crippen molar-refractivity contribution < 1.29 is 9.59 Å². The lowest BCUT2D eigenvalue weighted by Crippen LogP contribution is -2.32. The first-order valence-electron chi connectivity index (χ1n) is 9.28. The molecule has 4 heteroatoms. The zero-order chi connectivity index (χ0) is 18.9. The second kappa shape index (κ2) is 9.76. The Morgan fingerprint density at radius 1 is 0.923 bits per heavy atom. The zero-order valence-corrected chi connectivity index (χ0v) is 15.9. The van der Waals surface area contributed by atoms with Crippen molar-refractivity contribution in [3.05, 3.63) is 70.8 Å². The maximum atomic E-state index is 12.7. The predicted octanol–water partition coefficient (Wildman–Crippen LogP) is 4.19. The van der Waals surface area contributed by atoms with Crippen molar-refractivity contribution in [3.8, 4) is 0 Å². The van der Waals surface area contributed by atoms with Crippen LogP contribution in [0.2, 0.25) is 0 Å². The van der Waals surface area contributed by atoms with E-state index in [1.54, 1.807) is 24.3 Å². The molecule has 0 aromatic heterocycles. The topological polar surface area (TPSA) is 49.4 Å². The summed E-state index contributed by atoms with van der Waals surface area (Å²) in [5, 5.41) is 2.94. The van der Waals surface area contributed by atoms with E-state index in [0.29, 0.717) is 17.7 Å². The lowest BCUT2D eigenvalue weighted by atomic mass is 10.1. The van der Waals surface area contributed by atoms with Crippen molar-refractivity contribution >= 4 is 11.8 Å². The SMILES string of the molecule is CCCN(CCC)C(=O)c1cccc(C(=O)NCc2ccccc2C)c1. The Labute approximate surface area is 156 Å². The molecule has 0 bridgehead atoms. The molecule has 0 aliphatic carbocycles. The fourth-order valence-corrected chi connectivity index (χ4v) is 2.92. The molecule has 2 rings (SSSR count). The Balaban J connectivity index is 2.08. The van der Waals surface area contributed by atoms with Gasteiger partial charge < -0.3 is 10.2 Å². The Hall–Kier alpha value is -2.62. The summed E-state index contributed by atoms with van der Waals surface area (Å²) in [6, 6.07) is 14.9. The molecule has 0 heterocycles. The Kier molecular flexibility index (Phi) is 7.39. The van der Waals surface area contributed by atoms with Crippen molar-refractivity contribution in [1.82, 2.24) is 10.2 Å². The summed E-state index contributed by atoms with van der Waals surface area (Å²) in [5.41, 5.74) is 3.31. The van der Waals surface area contributed by atoms with E-state index in [1.165, 1.54) is 0 Å². The third kappa shape index (κ3) is 5.19. The van der Waals surface area contributed by atoms with E-state index in [9.17, 15) is 9.59 Å². The van der Waals surface area contributed by atoms with E-state index in [4.69, 9.17) is 0 Å². The van der Waals surface area contributed by atoms with Crippen LogP contribution >= 0.6 is 0 Å². The number of hydrogen-bond acceptors (Lipinski definition) is 2. The van der Waals surface area contributed by atoms with Gasteiger partial charge in [0.2, 0.25) is 0 Å². The highest BCUT2D eigenvalue weighted by Crippen LogP contribution is 2.11. The molecule has 0 unspecified atom stereocenters. The van der Waals surface area contributed by atoms with Crippen LogP contribution in [0.4, 0.5) is 0 Å². The molecule has 0 saturated carbocycles. The molecule has 138 valence electrons. The van der Waals surface area contributed by atoms with Gasteiger partial charge >= 0.3 is 0 Å². The predicted molar refractivity (Wildman–Crippen MR) is 105 cm³/mol. The largest absolute Gasteiger partial charge is 0.348 e. The average Bonchev–Trinajstić information content (AvgIpc) is 2.66. The third-order valence-electron chi connectivity index (χ3n) is 4.35. The van der Waals surface area contributed by atoms with Crippen molar-refractivity contribution in [2.24, 2.45) is 0 Å². The van der Waals surface area contributed by atoms with Crippen LogP contribution < -0.4 is 5.32 Å². The number of hydrogen-bond donors (Lipinski definition) is 1. The summed E-state index contributed by atoms with van der Waals surface area (Å²) in [6.07, 6.45) is 1.84. The average molecular weight is 352 g/mol. The Morgan fingerprint density at radius 3 is 2.23 bits per heavy atom. The molecule has 0 saturated heterocycles. The molecule has 0 spiro atoms. The highest BCUT2D eigenvalue weighted by molar-refractivity contribution is 5.99. The van der Waals surface area contributed by atoms with Gasteiger partial charge in [0.1, 0.15) is 0 Å². The summed E-state index contributed by atoms with van der Waals surface area (Å²) >= 11 is 0. The maximum Gasteiger partial charge on any atom is 0.253 e. The molecule has 0 radical (unpaired) electrons. The highest BCUT2D eigenvalue weighted by atomic mass is 16.2. The zero-order valence-electron chi connectivity index (χ0n) is 15.9. The van der Waals surface area contributed by atoms with Gasteiger partial charge in [-0.2, -0.15) is 0 Å². The molecule has 0 aliphatic rings. The second-order valence-corrected chi connectivity index (χ2v) is 6.48. The number of carbonyl (C=O) groups excluding carboxylic acids is 2. The molecule has 2 aromatic rings. The molecule has 4 nitrogen and oxygen atoms in total. The fourth-order valence-electron chi connectivity index (χ4n) is 2.92. The van der Waals surface area contributed by atoms with Crippen LogP contribution in [0.5, 0.6) is 0 Å². The summed E-state index contributed by atoms with van der Waals surface area (Å²) < 4.78 is 0. The first kappa shape index (κ1) is 19.7. The molecule has 2 aromatic carbocycles. The number of aryl methyl sites for hydroxylation is 1. The summed E-state index contributed by atoms with van der Waals surface area (Å²) in [6.45, 7) is 8.09. The molecule has 1 N–H and O–H groups in total. The monoisotopic (exact) mass is 352 g/mol. The molecule has 26 heavy (non-hydrogen) atoms. The van der Waals surface area contributed by atoms with E-state index in [1.807, 2.05) is 36.1 Å². The minimum Gasteiger partial charge on any atom is -0.348 e. The number of rotatable bonds is 8. The van der Waals surface area contributed by atoms with Gasteiger partial charge in [-0.3, -0.25) is 9.59 Å². The van der Waals surface area contributed by atoms with Gasteiger partial charge in [-0.1, -0.05) is 44.2 Å². The number of nitrogens with one attached hydrogen (secondary N) is 1. The molecule has 0 fully saturated rings. The van der Waals surface area contributed by atoms with Crippen LogP contribution in [0.25, 0.3) is 0 Å². The molecule has 0 aliphatic heterocycles. The van der Waals surface area contributed by atoms with Crippen LogP contribution in [-0.2, 0) is 6.54 Å². The van der Waals surface area contributed by atoms with Gasteiger partial charge in [0.15, 0.2) is 0 Å². The van der Waals surface area contributed by atoms with Crippen LogP contribution in [0.3, 0.4) is 0 Å². The molecular formula is C22H28N2O2. The third-order valence-corrected chi connectivity index (χ3v) is 4.35. The summed E-state index contributed by atoms with van der Waals surface area (Å²) in [5.74, 6) is -0.178. The Morgan fingerprint density at radius 2 is 1.58 bits per heavy atom. The van der Waals surface area contributed by atoms with E-state index < -0.39 is 0 Å². The van der Waals surface area contributed by atoms with Gasteiger partial charge in [0.25, 0.3) is 11.8 Å². The lowest BCUT2D eigenvalue weighted by molar-refractivity contribution is 0.0755. The van der Waals surface area contributed by atoms with E-state index in [0.717, 1.165) is 37.1 Å². The number of carbonyl (C=O) groups is 2. The first-order chi connectivity index (χ1) is 12.6. The minimum atomic E-state index is -0.166. The van der Waals surface area contributed by atoms with Crippen molar-refractivity contribution in [3.63, 3.8) is 0 Å². The molecule has 2 amide bonds. The number of amides is 2. The van der Waals surface area contributed by atoms with E-state index in [2.05, 4.69) is 19.2 Å². The maximum absolute atomic E-state index is 12.7. The normalized spacial score (nSPS) is 10.4. The van der Waals surface area contributed by atoms with Crippen LogP contribution in [-0.4, -0.2) is 29.8 Å². The minimum absolute atomic E-state index is 0.0118. The number of nitrogens with zero attached hydrogens (tertiary/aromatic N) is 1. The van der Waals surface area contributed by atoms with E-state index >= 15 is 0 Å². The van der Waals surface area contributed by atoms with E-state index in [-0.39, 0.29) is 11.8 Å². The molecule has 0 atom stereocenters. The smallest absolute Gasteiger partial charge is 0.253 e. The highest BCUT2D eigenvalue weighted by Gasteiger charge is 2.16. The first-order valence-corrected chi connectivity index (χ1v) is 9.28. The quantitative estimate of drug-likeness (QED) is 0.774. The van der Waals surface area contributed by atoms with Crippen LogP contribution in [0.15, 0.2) is 48.5 Å². The van der Waals surface area contributed by atoms with Gasteiger partial charge in [-0.15, -0.1) is 0 Å². The van der Waals surface area contributed by atoms with Crippen LogP contribution in [0.1, 0.15) is 58.5 Å². The van der Waals surface area contributed by atoms with Crippen molar-refractivity contribution in [2.75, 3.05) is 13.1 Å². The molecular weight excluding hydrogens is 324 g/mol. The standard InChI is InChI=1S/C22H28N2O2/c1-4-13-24(14-5-2)22(26)19-12-8-11-18(15-19)21(25)23-16-20-10-7-6-9-17(20)3/h6-12,15H,4-5,13-14,16H2,1-3H3,(H,23,25). The van der Waals surface area contributed by atoms with Gasteiger partial charge in [0, 0.05) is 30.8 Å². The van der Waals surface area contributed by atoms with Crippen molar-refractivity contribution in [1.29, 1.82) is 0 Å². The van der Waals surface area contributed by atoms with Crippen LogP contribution in [0, 0.1) is 6.92 Å². The van der Waals surface area contributed by atoms with Gasteiger partial charge in [0.05, 0.1) is 0 Å². The van der Waals surface area contributed by atoms with Gasteiger partial charge in [-0.25, -0.2) is 0 Å². The Bertz CT molecular complexity index is 749. The summed E-state index contributed by atoms with van der Waals surface area (Å²) in [4.78, 5) is 27.1. The fraction of sp³-hybridized carbons (Fsp3) is 0.364. The lowest BCUT2D eigenvalue weighted by Gasteiger charge is -2.21. The second-order valence-electron chi connectivity index (χ2n) is 6.48. The summed E-state index contributed by atoms with van der Waals surface area (Å²) in [7, 11) is 0.